The minimum Gasteiger partial charge on any atom is -0.463 e. The molecule has 2 saturated carbocycles. The number of nitrogens with zero attached hydrogens (tertiary/aromatic N) is 3. The number of H-pyrrole nitrogens is 1. The van der Waals surface area contributed by atoms with Crippen LogP contribution >= 0.6 is 0 Å². The van der Waals surface area contributed by atoms with E-state index in [1.54, 1.807) is 68.7 Å². The lowest BCUT2D eigenvalue weighted by molar-refractivity contribution is -0.176. The summed E-state index contributed by atoms with van der Waals surface area (Å²) >= 11 is 0. The van der Waals surface area contributed by atoms with Gasteiger partial charge in [0.25, 0.3) is 6.10 Å². The molecule has 2 aliphatic carbocycles. The van der Waals surface area contributed by atoms with Crippen molar-refractivity contribution in [2.75, 3.05) is 39.4 Å². The number of benzene rings is 2. The molecule has 1 unspecified atom stereocenters. The van der Waals surface area contributed by atoms with Crippen molar-refractivity contribution >= 4 is 47.4 Å². The smallest absolute Gasteiger partial charge is 0.410 e. The Kier molecular flexibility index (Phi) is 15.8. The minimum atomic E-state index is -1.72. The summed E-state index contributed by atoms with van der Waals surface area (Å²) in [6, 6.07) is 12.7. The van der Waals surface area contributed by atoms with Gasteiger partial charge in [-0.1, -0.05) is 43.8 Å². The van der Waals surface area contributed by atoms with Gasteiger partial charge in [-0.15, -0.1) is 0 Å². The molecule has 2 saturated heterocycles. The van der Waals surface area contributed by atoms with Crippen molar-refractivity contribution in [3.63, 3.8) is 0 Å². The van der Waals surface area contributed by atoms with Crippen molar-refractivity contribution in [3.05, 3.63) is 76.7 Å². The second kappa shape index (κ2) is 20.5. The summed E-state index contributed by atoms with van der Waals surface area (Å²) < 4.78 is 26.1. The lowest BCUT2D eigenvalue weighted by atomic mass is 9.57. The number of carbonyl (C=O) groups is 8. The Morgan fingerprint density at radius 1 is 0.676 bits per heavy atom. The number of carbonyl (C=O) groups excluding carboxylic acids is 8. The molecule has 2 aliphatic heterocycles. The van der Waals surface area contributed by atoms with Crippen LogP contribution in [0, 0.1) is 16.7 Å². The SMILES string of the molecule is C.CCOC(=O)C(OC(=O)C1CC2(C1)CN(C(=O)OC(C)(C)C)C2)C(=O)c1ccc(C(C)=O)cc1.CCOC(=O)c1ccc(-c2nc(C3CC4(C3)CN(C(=O)OC(C)(C)C)C4)[nH]c2C(C)=O)cc1. The Hall–Kier alpha value is -6.39. The van der Waals surface area contributed by atoms with Crippen molar-refractivity contribution in [2.45, 2.75) is 126 Å². The molecule has 368 valence electrons. The highest BCUT2D eigenvalue weighted by Gasteiger charge is 2.58. The van der Waals surface area contributed by atoms with E-state index in [2.05, 4.69) is 4.98 Å². The largest absolute Gasteiger partial charge is 0.463 e. The number of nitrogens with one attached hydrogen (secondary N) is 1. The van der Waals surface area contributed by atoms with Gasteiger partial charge in [0.15, 0.2) is 11.6 Å². The number of Topliss-reactive ketones (excluding diaryl/α,β-unsaturated/α-hetero) is 3. The first-order valence-electron chi connectivity index (χ1n) is 22.7. The Morgan fingerprint density at radius 3 is 1.60 bits per heavy atom. The summed E-state index contributed by atoms with van der Waals surface area (Å²) in [6.45, 7) is 20.0. The highest BCUT2D eigenvalue weighted by Crippen LogP contribution is 2.56. The first-order valence-corrected chi connectivity index (χ1v) is 22.7. The van der Waals surface area contributed by atoms with Crippen molar-refractivity contribution in [3.8, 4) is 11.3 Å². The van der Waals surface area contributed by atoms with Crippen LogP contribution in [-0.4, -0.2) is 124 Å². The van der Waals surface area contributed by atoms with Crippen LogP contribution in [0.2, 0.25) is 0 Å². The van der Waals surface area contributed by atoms with Crippen molar-refractivity contribution in [1.29, 1.82) is 0 Å². The van der Waals surface area contributed by atoms with Crippen LogP contribution in [-0.2, 0) is 33.3 Å². The maximum atomic E-state index is 12.9. The molecule has 1 atom stereocenters. The van der Waals surface area contributed by atoms with Crippen LogP contribution in [0.15, 0.2) is 48.5 Å². The van der Waals surface area contributed by atoms with Crippen LogP contribution in [0.25, 0.3) is 11.3 Å². The molecule has 4 fully saturated rings. The van der Waals surface area contributed by atoms with E-state index in [1.165, 1.54) is 38.1 Å². The number of imidazole rings is 1. The molecular formula is C51H66N4O13. The Morgan fingerprint density at radius 2 is 1.15 bits per heavy atom. The fraction of sp³-hybridized carbons (Fsp3) is 0.549. The number of esters is 3. The van der Waals surface area contributed by atoms with E-state index < -0.39 is 40.9 Å². The number of rotatable bonds is 12. The predicted molar refractivity (Wildman–Crippen MR) is 249 cm³/mol. The van der Waals surface area contributed by atoms with Gasteiger partial charge in [-0.2, -0.15) is 0 Å². The zero-order chi connectivity index (χ0) is 49.2. The average molecular weight is 943 g/mol. The van der Waals surface area contributed by atoms with Crippen LogP contribution < -0.4 is 0 Å². The number of ketones is 3. The van der Waals surface area contributed by atoms with Gasteiger partial charge in [-0.05, 0) is 100 Å². The molecule has 1 N–H and O–H groups in total. The molecule has 2 spiro atoms. The molecule has 17 nitrogen and oxygen atoms in total. The number of hydrogen-bond acceptors (Lipinski definition) is 14. The van der Waals surface area contributed by atoms with Crippen LogP contribution in [0.1, 0.15) is 156 Å². The normalized spacial score (nSPS) is 18.1. The zero-order valence-electron chi connectivity index (χ0n) is 40.1. The Balaban J connectivity index is 0.000000250. The third kappa shape index (κ3) is 12.2. The molecule has 17 heteroatoms. The van der Waals surface area contributed by atoms with Crippen molar-refractivity contribution in [2.24, 2.45) is 16.7 Å². The number of aromatic amines is 1. The predicted octanol–water partition coefficient (Wildman–Crippen LogP) is 8.40. The number of amides is 2. The zero-order valence-corrected chi connectivity index (χ0v) is 40.1. The lowest BCUT2D eigenvalue weighted by Crippen LogP contribution is -2.65. The third-order valence-electron chi connectivity index (χ3n) is 12.1. The molecule has 2 aromatic carbocycles. The van der Waals surface area contributed by atoms with Crippen LogP contribution in [0.5, 0.6) is 0 Å². The van der Waals surface area contributed by atoms with Crippen LogP contribution in [0.3, 0.4) is 0 Å². The number of ether oxygens (including phenoxy) is 5. The van der Waals surface area contributed by atoms with Crippen molar-refractivity contribution < 1.29 is 62.0 Å². The summed E-state index contributed by atoms with van der Waals surface area (Å²) in [4.78, 5) is 109. The maximum absolute atomic E-state index is 12.9. The van der Waals surface area contributed by atoms with Gasteiger partial charge in [0.05, 0.1) is 30.4 Å². The van der Waals surface area contributed by atoms with Gasteiger partial charge in [-0.25, -0.2) is 24.2 Å². The van der Waals surface area contributed by atoms with E-state index >= 15 is 0 Å². The highest BCUT2D eigenvalue weighted by molar-refractivity contribution is 6.12. The molecule has 4 aliphatic rings. The monoisotopic (exact) mass is 942 g/mol. The topological polar surface area (TPSA) is 218 Å². The summed E-state index contributed by atoms with van der Waals surface area (Å²) in [6.07, 6.45) is 0.475. The van der Waals surface area contributed by atoms with Gasteiger partial charge < -0.3 is 38.5 Å². The van der Waals surface area contributed by atoms with Gasteiger partial charge in [0.2, 0.25) is 5.78 Å². The van der Waals surface area contributed by atoms with E-state index in [4.69, 9.17) is 28.7 Å². The van der Waals surface area contributed by atoms with E-state index in [1.807, 2.05) is 20.8 Å². The number of hydrogen-bond donors (Lipinski definition) is 1. The standard InChI is InChI=1S/C25H31N3O5.C25H31NO8.CH4/c1-6-32-22(30)17-9-7-16(8-10-17)20-19(15(2)29)26-21(27-20)18-11-25(12-18)13-28(14-25)23(31)33-24(3,4)5;1-6-32-22(30)20(19(28)17-9-7-16(8-10-17)15(2)27)33-21(29)18-11-25(12-18)13-26(14-25)23(31)34-24(3,4)5;/h7-10,18H,6,11-14H2,1-5H3,(H,26,27);7-10,18,20H,6,11-14H2,1-5H3;1H4. The minimum absolute atomic E-state index is 0. The van der Waals surface area contributed by atoms with E-state index in [0.717, 1.165) is 24.2 Å². The van der Waals surface area contributed by atoms with Gasteiger partial charge in [0, 0.05) is 66.5 Å². The Bertz CT molecular complexity index is 2380. The fourth-order valence-electron chi connectivity index (χ4n) is 8.97. The molecule has 68 heavy (non-hydrogen) atoms. The second-order valence-corrected chi connectivity index (χ2v) is 20.1. The highest BCUT2D eigenvalue weighted by atomic mass is 16.6. The fourth-order valence-corrected chi connectivity index (χ4v) is 8.97. The number of aromatic nitrogens is 2. The maximum Gasteiger partial charge on any atom is 0.410 e. The van der Waals surface area contributed by atoms with Gasteiger partial charge >= 0.3 is 30.1 Å². The van der Waals surface area contributed by atoms with E-state index in [9.17, 15) is 38.4 Å². The molecule has 0 bridgehead atoms. The summed E-state index contributed by atoms with van der Waals surface area (Å²) in [7, 11) is 0. The lowest BCUT2D eigenvalue weighted by Gasteiger charge is -2.58. The molecule has 1 aromatic heterocycles. The second-order valence-electron chi connectivity index (χ2n) is 20.1. The molecule has 7 rings (SSSR count). The quantitative estimate of drug-likeness (QED) is 0.0781. The van der Waals surface area contributed by atoms with Crippen LogP contribution in [0.4, 0.5) is 9.59 Å². The molecule has 3 heterocycles. The number of likely N-dealkylation sites (tertiary alicyclic amines) is 2. The average Bonchev–Trinajstić information content (AvgIpc) is 3.62. The molecule has 0 radical (unpaired) electrons. The summed E-state index contributed by atoms with van der Waals surface area (Å²) in [5.74, 6) is -2.37. The summed E-state index contributed by atoms with van der Waals surface area (Å²) in [5.41, 5.74) is 1.73. The van der Waals surface area contributed by atoms with Gasteiger partial charge in [-0.3, -0.25) is 19.2 Å². The summed E-state index contributed by atoms with van der Waals surface area (Å²) in [5, 5.41) is 0. The molecular weight excluding hydrogens is 877 g/mol. The third-order valence-corrected chi connectivity index (χ3v) is 12.1. The van der Waals surface area contributed by atoms with Gasteiger partial charge in [0.1, 0.15) is 22.7 Å². The van der Waals surface area contributed by atoms with E-state index in [0.29, 0.717) is 68.1 Å². The molecule has 3 aromatic rings. The van der Waals surface area contributed by atoms with Crippen molar-refractivity contribution in [1.82, 2.24) is 19.8 Å². The molecule has 2 amide bonds. The Labute approximate surface area is 397 Å². The van der Waals surface area contributed by atoms with E-state index in [-0.39, 0.29) is 66.1 Å². The first kappa shape index (κ1) is 52.6. The first-order chi connectivity index (χ1) is 31.3.